The molecule has 100 valence electrons. The summed E-state index contributed by atoms with van der Waals surface area (Å²) in [6.45, 7) is 1.46. The van der Waals surface area contributed by atoms with Gasteiger partial charge in [-0.2, -0.15) is 4.98 Å². The number of carboxylic acid groups (broad SMARTS) is 1. The monoisotopic (exact) mass is 262 g/mol. The number of nitrogens with zero attached hydrogens (tertiary/aromatic N) is 4. The van der Waals surface area contributed by atoms with E-state index >= 15 is 0 Å². The van der Waals surface area contributed by atoms with Gasteiger partial charge in [0.25, 0.3) is 0 Å². The number of aromatic nitrogens is 3. The molecule has 1 amide bonds. The number of nitrogens with two attached hydrogens (primary N) is 1. The highest BCUT2D eigenvalue weighted by molar-refractivity contribution is 5.65. The van der Waals surface area contributed by atoms with Crippen LogP contribution in [0, 0.1) is 0 Å². The summed E-state index contributed by atoms with van der Waals surface area (Å²) in [6.07, 6.45) is 1.66. The summed E-state index contributed by atoms with van der Waals surface area (Å²) in [5, 5.41) is 15.3. The van der Waals surface area contributed by atoms with Gasteiger partial charge in [-0.3, -0.25) is 0 Å². The van der Waals surface area contributed by atoms with Gasteiger partial charge >= 0.3 is 6.09 Å². The number of pyridine rings is 1. The lowest BCUT2D eigenvalue weighted by Gasteiger charge is -2.18. The van der Waals surface area contributed by atoms with Crippen LogP contribution in [0.5, 0.6) is 0 Å². The van der Waals surface area contributed by atoms with Gasteiger partial charge in [-0.1, -0.05) is 0 Å². The van der Waals surface area contributed by atoms with Crippen molar-refractivity contribution in [1.82, 2.24) is 19.9 Å². The van der Waals surface area contributed by atoms with E-state index in [-0.39, 0.29) is 12.0 Å². The number of anilines is 2. The average Bonchev–Trinajstić information content (AvgIpc) is 2.92. The highest BCUT2D eigenvalue weighted by Gasteiger charge is 2.24. The summed E-state index contributed by atoms with van der Waals surface area (Å²) in [7, 11) is 0. The molecule has 0 spiro atoms. The maximum Gasteiger partial charge on any atom is 0.404 e. The van der Waals surface area contributed by atoms with Gasteiger partial charge < -0.3 is 21.1 Å². The largest absolute Gasteiger partial charge is 0.465 e. The molecule has 19 heavy (non-hydrogen) atoms. The van der Waals surface area contributed by atoms with Crippen LogP contribution in [0.4, 0.5) is 16.4 Å². The zero-order valence-electron chi connectivity index (χ0n) is 10.2. The number of nitrogens with one attached hydrogen (secondary N) is 1. The summed E-state index contributed by atoms with van der Waals surface area (Å²) in [5.74, 6) is 0.240. The van der Waals surface area contributed by atoms with E-state index in [0.29, 0.717) is 12.2 Å². The summed E-state index contributed by atoms with van der Waals surface area (Å²) in [6, 6.07) is 3.75. The van der Waals surface area contributed by atoms with E-state index in [1.165, 1.54) is 0 Å². The van der Waals surface area contributed by atoms with Crippen LogP contribution in [0.3, 0.4) is 0 Å². The van der Waals surface area contributed by atoms with Crippen molar-refractivity contribution in [2.75, 3.05) is 23.7 Å². The number of rotatable bonds is 2. The summed E-state index contributed by atoms with van der Waals surface area (Å²) in [4.78, 5) is 16.8. The molecule has 1 aliphatic rings. The van der Waals surface area contributed by atoms with Crippen LogP contribution < -0.4 is 16.0 Å². The van der Waals surface area contributed by atoms with E-state index < -0.39 is 6.09 Å². The third-order valence-corrected chi connectivity index (χ3v) is 3.21. The van der Waals surface area contributed by atoms with Gasteiger partial charge in [0.2, 0.25) is 5.95 Å². The Kier molecular flexibility index (Phi) is 2.62. The van der Waals surface area contributed by atoms with Gasteiger partial charge in [-0.25, -0.2) is 9.31 Å². The number of nitrogen functional groups attached to an aromatic ring is 1. The quantitative estimate of drug-likeness (QED) is 0.711. The Labute approximate surface area is 108 Å². The van der Waals surface area contributed by atoms with E-state index in [1.807, 2.05) is 18.3 Å². The molecule has 1 atom stereocenters. The van der Waals surface area contributed by atoms with Gasteiger partial charge in [0.1, 0.15) is 0 Å². The van der Waals surface area contributed by atoms with Crippen molar-refractivity contribution >= 4 is 23.4 Å². The fraction of sp³-hybridized carbons (Fsp3) is 0.364. The van der Waals surface area contributed by atoms with Crippen molar-refractivity contribution in [3.05, 3.63) is 18.3 Å². The SMILES string of the molecule is Nc1nc2ccc(N3CCC(NC(=O)O)C3)cn2n1. The van der Waals surface area contributed by atoms with Crippen LogP contribution in [0.2, 0.25) is 0 Å². The van der Waals surface area contributed by atoms with Crippen LogP contribution in [0.1, 0.15) is 6.42 Å². The molecular weight excluding hydrogens is 248 g/mol. The first-order valence-electron chi connectivity index (χ1n) is 5.98. The Bertz CT molecular complexity index is 625. The normalized spacial score (nSPS) is 18.9. The molecule has 3 heterocycles. The maximum absolute atomic E-state index is 10.6. The van der Waals surface area contributed by atoms with Gasteiger partial charge in [0.05, 0.1) is 17.9 Å². The van der Waals surface area contributed by atoms with Gasteiger partial charge in [-0.05, 0) is 18.6 Å². The van der Waals surface area contributed by atoms with Crippen molar-refractivity contribution in [1.29, 1.82) is 0 Å². The standard InChI is InChI=1S/C11H14N6O2/c12-10-14-9-2-1-8(6-17(9)15-10)16-4-3-7(5-16)13-11(18)19/h1-2,6-7,13H,3-5H2,(H2,12,15)(H,18,19). The lowest BCUT2D eigenvalue weighted by molar-refractivity contribution is 0.191. The third kappa shape index (κ3) is 2.24. The number of carbonyl (C=O) groups is 1. The van der Waals surface area contributed by atoms with Gasteiger partial charge in [0.15, 0.2) is 5.65 Å². The number of hydrogen-bond acceptors (Lipinski definition) is 5. The first kappa shape index (κ1) is 11.6. The van der Waals surface area contributed by atoms with Crippen LogP contribution in [-0.4, -0.2) is 44.9 Å². The second-order valence-electron chi connectivity index (χ2n) is 4.54. The Balaban J connectivity index is 1.79. The topological polar surface area (TPSA) is 109 Å². The minimum atomic E-state index is -0.980. The van der Waals surface area contributed by atoms with Crippen molar-refractivity contribution in [2.24, 2.45) is 0 Å². The first-order valence-corrected chi connectivity index (χ1v) is 5.98. The molecule has 0 aromatic carbocycles. The van der Waals surface area contributed by atoms with Gasteiger partial charge in [0, 0.05) is 13.1 Å². The molecule has 1 saturated heterocycles. The summed E-state index contributed by atoms with van der Waals surface area (Å²) in [5.41, 5.74) is 7.21. The van der Waals surface area contributed by atoms with Crippen molar-refractivity contribution < 1.29 is 9.90 Å². The molecule has 8 nitrogen and oxygen atoms in total. The van der Waals surface area contributed by atoms with Crippen molar-refractivity contribution in [3.8, 4) is 0 Å². The Hall–Kier alpha value is -2.51. The molecule has 1 fully saturated rings. The molecule has 8 heteroatoms. The van der Waals surface area contributed by atoms with Crippen LogP contribution >= 0.6 is 0 Å². The van der Waals surface area contributed by atoms with E-state index in [9.17, 15) is 4.79 Å². The van der Waals surface area contributed by atoms with E-state index in [4.69, 9.17) is 10.8 Å². The molecule has 2 aromatic heterocycles. The summed E-state index contributed by atoms with van der Waals surface area (Å²) >= 11 is 0. The number of amides is 1. The molecule has 0 bridgehead atoms. The maximum atomic E-state index is 10.6. The Morgan fingerprint density at radius 1 is 1.53 bits per heavy atom. The molecule has 2 aromatic rings. The average molecular weight is 262 g/mol. The van der Waals surface area contributed by atoms with Crippen LogP contribution in [-0.2, 0) is 0 Å². The zero-order valence-corrected chi connectivity index (χ0v) is 10.2. The van der Waals surface area contributed by atoms with Crippen molar-refractivity contribution in [3.63, 3.8) is 0 Å². The van der Waals surface area contributed by atoms with E-state index in [1.54, 1.807) is 4.52 Å². The first-order chi connectivity index (χ1) is 9.11. The number of fused-ring (bicyclic) bond motifs is 1. The zero-order chi connectivity index (χ0) is 13.4. The second-order valence-corrected chi connectivity index (χ2v) is 4.54. The number of hydrogen-bond donors (Lipinski definition) is 3. The molecule has 1 aliphatic heterocycles. The van der Waals surface area contributed by atoms with Crippen LogP contribution in [0.15, 0.2) is 18.3 Å². The minimum absolute atomic E-state index is 0.0333. The molecule has 0 radical (unpaired) electrons. The Morgan fingerprint density at radius 2 is 2.37 bits per heavy atom. The lowest BCUT2D eigenvalue weighted by atomic mass is 10.3. The lowest BCUT2D eigenvalue weighted by Crippen LogP contribution is -2.36. The molecule has 1 unspecified atom stereocenters. The molecular formula is C11H14N6O2. The molecule has 3 rings (SSSR count). The highest BCUT2D eigenvalue weighted by Crippen LogP contribution is 2.20. The van der Waals surface area contributed by atoms with Gasteiger partial charge in [-0.15, -0.1) is 5.10 Å². The fourth-order valence-electron chi connectivity index (χ4n) is 2.36. The van der Waals surface area contributed by atoms with E-state index in [2.05, 4.69) is 20.3 Å². The molecule has 4 N–H and O–H groups in total. The Morgan fingerprint density at radius 3 is 3.16 bits per heavy atom. The summed E-state index contributed by atoms with van der Waals surface area (Å²) < 4.78 is 1.63. The molecule has 0 aliphatic carbocycles. The predicted molar refractivity (Wildman–Crippen MR) is 69.2 cm³/mol. The smallest absolute Gasteiger partial charge is 0.404 e. The third-order valence-electron chi connectivity index (χ3n) is 3.21. The second kappa shape index (κ2) is 4.30. The minimum Gasteiger partial charge on any atom is -0.465 e. The van der Waals surface area contributed by atoms with Crippen molar-refractivity contribution in [2.45, 2.75) is 12.5 Å². The van der Waals surface area contributed by atoms with E-state index in [0.717, 1.165) is 18.7 Å². The predicted octanol–water partition coefficient (Wildman–Crippen LogP) is 0.158. The van der Waals surface area contributed by atoms with Crippen LogP contribution in [0.25, 0.3) is 5.65 Å². The molecule has 0 saturated carbocycles. The highest BCUT2D eigenvalue weighted by atomic mass is 16.4. The fourth-order valence-corrected chi connectivity index (χ4v) is 2.36.